The molecule has 0 spiro atoms. The van der Waals surface area contributed by atoms with E-state index < -0.39 is 5.91 Å². The summed E-state index contributed by atoms with van der Waals surface area (Å²) >= 11 is 0. The molecule has 0 bridgehead atoms. The van der Waals surface area contributed by atoms with Crippen molar-refractivity contribution >= 4 is 17.7 Å². The van der Waals surface area contributed by atoms with E-state index in [0.29, 0.717) is 30.4 Å². The summed E-state index contributed by atoms with van der Waals surface area (Å²) in [5, 5.41) is 3.17. The van der Waals surface area contributed by atoms with Crippen LogP contribution in [0.15, 0.2) is 42.6 Å². The zero-order chi connectivity index (χ0) is 20.1. The molecule has 2 aromatic heterocycles. The first-order valence-corrected chi connectivity index (χ1v) is 8.77. The number of aryl methyl sites for hydroxylation is 1. The number of hydrogen-bond donors (Lipinski definition) is 3. The van der Waals surface area contributed by atoms with Crippen LogP contribution in [0.1, 0.15) is 21.5 Å². The van der Waals surface area contributed by atoms with E-state index in [4.69, 9.17) is 16.2 Å². The Morgan fingerprint density at radius 1 is 1.18 bits per heavy atom. The van der Waals surface area contributed by atoms with Crippen molar-refractivity contribution in [3.63, 3.8) is 0 Å². The van der Waals surface area contributed by atoms with E-state index in [2.05, 4.69) is 40.2 Å². The number of primary amides is 1. The Morgan fingerprint density at radius 3 is 2.71 bits per heavy atom. The summed E-state index contributed by atoms with van der Waals surface area (Å²) in [7, 11) is 0. The fraction of sp³-hybridized carbons (Fsp3) is 0.200. The third kappa shape index (κ3) is 4.53. The zero-order valence-electron chi connectivity index (χ0n) is 15.8. The van der Waals surface area contributed by atoms with Crippen LogP contribution in [0.25, 0.3) is 11.3 Å². The Labute approximate surface area is 163 Å². The molecule has 5 N–H and O–H groups in total. The smallest absolute Gasteiger partial charge is 0.250 e. The predicted molar refractivity (Wildman–Crippen MR) is 108 cm³/mol. The molecular formula is C20H22N6O2. The molecule has 0 fully saturated rings. The third-order valence-corrected chi connectivity index (χ3v) is 4.30. The van der Waals surface area contributed by atoms with Gasteiger partial charge >= 0.3 is 0 Å². The fourth-order valence-electron chi connectivity index (χ4n) is 2.67. The third-order valence-electron chi connectivity index (χ3n) is 4.30. The summed E-state index contributed by atoms with van der Waals surface area (Å²) in [4.78, 5) is 23.6. The van der Waals surface area contributed by atoms with Gasteiger partial charge in [0.05, 0.1) is 17.8 Å². The molecule has 3 rings (SSSR count). The van der Waals surface area contributed by atoms with Gasteiger partial charge in [0.25, 0.3) is 0 Å². The molecule has 3 aromatic rings. The molecule has 144 valence electrons. The van der Waals surface area contributed by atoms with Gasteiger partial charge in [-0.2, -0.15) is 4.98 Å². The van der Waals surface area contributed by atoms with Crippen LogP contribution in [0, 0.1) is 13.8 Å². The van der Waals surface area contributed by atoms with Gasteiger partial charge in [-0.05, 0) is 31.0 Å². The molecule has 0 atom stereocenters. The van der Waals surface area contributed by atoms with Gasteiger partial charge in [0.2, 0.25) is 17.7 Å². The molecule has 2 heterocycles. The number of nitrogens with two attached hydrogens (primary N) is 2. The summed E-state index contributed by atoms with van der Waals surface area (Å²) in [6, 6.07) is 11.1. The number of nitrogens with one attached hydrogen (secondary N) is 1. The predicted octanol–water partition coefficient (Wildman–Crippen LogP) is 2.33. The lowest BCUT2D eigenvalue weighted by Crippen LogP contribution is -2.14. The van der Waals surface area contributed by atoms with Gasteiger partial charge in [0, 0.05) is 23.9 Å². The minimum absolute atomic E-state index is 0.200. The minimum Gasteiger partial charge on any atom is -0.476 e. The molecule has 0 radical (unpaired) electrons. The maximum absolute atomic E-state index is 11.0. The molecule has 0 aliphatic rings. The number of carbonyl (C=O) groups excluding carboxylic acids is 1. The van der Waals surface area contributed by atoms with Crippen LogP contribution in [0.4, 0.5) is 11.8 Å². The van der Waals surface area contributed by atoms with Crippen LogP contribution >= 0.6 is 0 Å². The summed E-state index contributed by atoms with van der Waals surface area (Å²) in [5.74, 6) is 0.696. The molecular weight excluding hydrogens is 356 g/mol. The van der Waals surface area contributed by atoms with Crippen molar-refractivity contribution < 1.29 is 9.53 Å². The minimum atomic E-state index is -0.526. The number of anilines is 2. The molecule has 0 unspecified atom stereocenters. The molecule has 0 aliphatic heterocycles. The topological polar surface area (TPSA) is 129 Å². The molecule has 0 saturated heterocycles. The van der Waals surface area contributed by atoms with Crippen LogP contribution in [0.2, 0.25) is 0 Å². The van der Waals surface area contributed by atoms with Crippen molar-refractivity contribution in [1.29, 1.82) is 0 Å². The van der Waals surface area contributed by atoms with Gasteiger partial charge in [0.1, 0.15) is 12.4 Å². The van der Waals surface area contributed by atoms with Gasteiger partial charge in [-0.15, -0.1) is 0 Å². The molecule has 1 aromatic carbocycles. The first-order valence-electron chi connectivity index (χ1n) is 8.77. The largest absolute Gasteiger partial charge is 0.476 e. The zero-order valence-corrected chi connectivity index (χ0v) is 15.8. The van der Waals surface area contributed by atoms with Gasteiger partial charge in [-0.3, -0.25) is 4.79 Å². The number of carbonyl (C=O) groups is 1. The normalized spacial score (nSPS) is 10.5. The Balaban J connectivity index is 1.62. The number of benzene rings is 1. The van der Waals surface area contributed by atoms with Crippen molar-refractivity contribution in [2.75, 3.05) is 24.2 Å². The lowest BCUT2D eigenvalue weighted by Gasteiger charge is -2.11. The van der Waals surface area contributed by atoms with E-state index >= 15 is 0 Å². The van der Waals surface area contributed by atoms with E-state index in [1.165, 1.54) is 11.8 Å². The molecule has 1 amide bonds. The highest BCUT2D eigenvalue weighted by Gasteiger charge is 2.09. The van der Waals surface area contributed by atoms with Crippen molar-refractivity contribution in [2.45, 2.75) is 13.8 Å². The fourth-order valence-corrected chi connectivity index (χ4v) is 2.67. The maximum atomic E-state index is 11.0. The van der Waals surface area contributed by atoms with Gasteiger partial charge < -0.3 is 21.5 Å². The molecule has 28 heavy (non-hydrogen) atoms. The van der Waals surface area contributed by atoms with Crippen molar-refractivity contribution in [3.05, 3.63) is 59.3 Å². The summed E-state index contributed by atoms with van der Waals surface area (Å²) in [5.41, 5.74) is 15.5. The highest BCUT2D eigenvalue weighted by Crippen LogP contribution is 2.25. The first-order chi connectivity index (χ1) is 13.4. The number of hydrogen-bond acceptors (Lipinski definition) is 7. The average Bonchev–Trinajstić information content (AvgIpc) is 2.67. The van der Waals surface area contributed by atoms with Crippen molar-refractivity contribution in [2.24, 2.45) is 5.73 Å². The van der Waals surface area contributed by atoms with Gasteiger partial charge in [-0.1, -0.05) is 18.2 Å². The number of nitrogen functional groups attached to an aromatic ring is 1. The van der Waals surface area contributed by atoms with Crippen LogP contribution in [-0.2, 0) is 0 Å². The Bertz CT molecular complexity index is 988. The highest BCUT2D eigenvalue weighted by molar-refractivity contribution is 5.92. The second kappa shape index (κ2) is 8.34. The van der Waals surface area contributed by atoms with Crippen LogP contribution in [0.3, 0.4) is 0 Å². The SMILES string of the molecule is Cc1cccc(-c2cc(NCCOc3ccc(C(N)=O)cn3)nc(N)n2)c1C. The van der Waals surface area contributed by atoms with E-state index in [1.54, 1.807) is 12.1 Å². The first kappa shape index (κ1) is 19.1. The van der Waals surface area contributed by atoms with Crippen LogP contribution in [0.5, 0.6) is 5.88 Å². The highest BCUT2D eigenvalue weighted by atomic mass is 16.5. The van der Waals surface area contributed by atoms with E-state index in [0.717, 1.165) is 16.8 Å². The standard InChI is InChI=1S/C20H22N6O2/c1-12-4-3-5-15(13(12)2)16-10-17(26-20(22)25-16)23-8-9-28-18-7-6-14(11-24-18)19(21)27/h3-7,10-11H,8-9H2,1-2H3,(H2,21,27)(H3,22,23,25,26). The average molecular weight is 378 g/mol. The van der Waals surface area contributed by atoms with Crippen molar-refractivity contribution in [3.8, 4) is 17.1 Å². The lowest BCUT2D eigenvalue weighted by atomic mass is 10.0. The van der Waals surface area contributed by atoms with E-state index in [1.807, 2.05) is 18.2 Å². The quantitative estimate of drug-likeness (QED) is 0.538. The van der Waals surface area contributed by atoms with Gasteiger partial charge in [-0.25, -0.2) is 9.97 Å². The second-order valence-corrected chi connectivity index (χ2v) is 6.27. The molecule has 8 nitrogen and oxygen atoms in total. The van der Waals surface area contributed by atoms with E-state index in [-0.39, 0.29) is 5.95 Å². The van der Waals surface area contributed by atoms with Gasteiger partial charge in [0.15, 0.2) is 0 Å². The molecule has 0 saturated carbocycles. The number of pyridine rings is 1. The number of nitrogens with zero attached hydrogens (tertiary/aromatic N) is 3. The number of amides is 1. The number of ether oxygens (including phenoxy) is 1. The monoisotopic (exact) mass is 378 g/mol. The number of aromatic nitrogens is 3. The Kier molecular flexibility index (Phi) is 5.69. The Hall–Kier alpha value is -3.68. The van der Waals surface area contributed by atoms with Crippen LogP contribution in [-0.4, -0.2) is 34.0 Å². The summed E-state index contributed by atoms with van der Waals surface area (Å²) in [6.45, 7) is 4.96. The Morgan fingerprint density at radius 2 is 2.00 bits per heavy atom. The maximum Gasteiger partial charge on any atom is 0.250 e. The van der Waals surface area contributed by atoms with Crippen LogP contribution < -0.4 is 21.5 Å². The number of rotatable bonds is 7. The van der Waals surface area contributed by atoms with E-state index in [9.17, 15) is 4.79 Å². The second-order valence-electron chi connectivity index (χ2n) is 6.27. The molecule has 8 heteroatoms. The van der Waals surface area contributed by atoms with Crippen molar-refractivity contribution in [1.82, 2.24) is 15.0 Å². The summed E-state index contributed by atoms with van der Waals surface area (Å²) in [6.07, 6.45) is 1.38. The lowest BCUT2D eigenvalue weighted by molar-refractivity contribution is 0.1000. The molecule has 0 aliphatic carbocycles. The summed E-state index contributed by atoms with van der Waals surface area (Å²) < 4.78 is 5.54.